The summed E-state index contributed by atoms with van der Waals surface area (Å²) >= 11 is 0. The molecule has 1 saturated heterocycles. The topological polar surface area (TPSA) is 209 Å². The van der Waals surface area contributed by atoms with Crippen LogP contribution in [0.2, 0.25) is 0 Å². The molecule has 4 N–H and O–H groups in total. The van der Waals surface area contributed by atoms with Crippen LogP contribution >= 0.6 is 21.6 Å². The Kier molecular flexibility index (Phi) is 20.6. The second kappa shape index (κ2) is 25.1. The number of pyridine rings is 1. The minimum Gasteiger partial charge on any atom is -0.448 e. The monoisotopic (exact) mass is 956 g/mol. The molecule has 1 aromatic carbocycles. The fraction of sp³-hybridized carbons (Fsp3) is 0.638. The van der Waals surface area contributed by atoms with Crippen molar-refractivity contribution in [2.75, 3.05) is 48.0 Å². The van der Waals surface area contributed by atoms with Crippen LogP contribution in [0.1, 0.15) is 92.7 Å². The molecular weight excluding hydrogens is 885 g/mol. The molecule has 3 heterocycles. The van der Waals surface area contributed by atoms with E-state index in [1.807, 2.05) is 71.9 Å². The van der Waals surface area contributed by atoms with E-state index < -0.39 is 65.0 Å². The molecule has 0 saturated carbocycles. The number of H-pyrrole nitrogens is 1. The zero-order valence-corrected chi connectivity index (χ0v) is 42.2. The second-order valence-corrected chi connectivity index (χ2v) is 21.0. The number of likely N-dealkylation sites (tertiary alicyclic amines) is 1. The molecule has 1 aliphatic rings. The van der Waals surface area contributed by atoms with Gasteiger partial charge in [-0.15, -0.1) is 0 Å². The number of fused-ring (bicyclic) bond motifs is 1. The number of likely N-dealkylation sites (N-methyl/N-ethyl adjacent to an activating group) is 2. The van der Waals surface area contributed by atoms with Crippen LogP contribution in [0, 0.1) is 17.8 Å². The van der Waals surface area contributed by atoms with E-state index in [1.165, 1.54) is 52.7 Å². The number of rotatable bonds is 24. The van der Waals surface area contributed by atoms with Crippen LogP contribution in [0.4, 0.5) is 4.79 Å². The van der Waals surface area contributed by atoms with E-state index in [2.05, 4.69) is 25.6 Å². The van der Waals surface area contributed by atoms with E-state index in [9.17, 15) is 29.1 Å². The highest BCUT2D eigenvalue weighted by atomic mass is 33.1. The molecule has 1 fully saturated rings. The van der Waals surface area contributed by atoms with Crippen LogP contribution < -0.4 is 10.6 Å². The van der Waals surface area contributed by atoms with E-state index in [0.29, 0.717) is 35.8 Å². The largest absolute Gasteiger partial charge is 0.448 e. The Hall–Kier alpha value is -4.43. The summed E-state index contributed by atoms with van der Waals surface area (Å²) in [5.74, 6) is -2.43. The van der Waals surface area contributed by atoms with Crippen LogP contribution in [0.3, 0.4) is 0 Å². The number of methoxy groups -OCH3 is 2. The fourth-order valence-corrected chi connectivity index (χ4v) is 10.5. The summed E-state index contributed by atoms with van der Waals surface area (Å²) in [6.45, 7) is 15.2. The highest BCUT2D eigenvalue weighted by Gasteiger charge is 2.42. The molecular formula is C47H72N8O9S2. The third kappa shape index (κ3) is 14.3. The first-order chi connectivity index (χ1) is 31.2. The van der Waals surface area contributed by atoms with E-state index >= 15 is 0 Å². The van der Waals surface area contributed by atoms with Crippen molar-refractivity contribution in [1.82, 2.24) is 40.3 Å². The van der Waals surface area contributed by atoms with Gasteiger partial charge >= 0.3 is 6.09 Å². The van der Waals surface area contributed by atoms with Gasteiger partial charge in [0.25, 0.3) is 0 Å². The average molecular weight is 957 g/mol. The van der Waals surface area contributed by atoms with Crippen molar-refractivity contribution in [3.63, 3.8) is 0 Å². The molecule has 9 atom stereocenters. The summed E-state index contributed by atoms with van der Waals surface area (Å²) in [5.41, 5.74) is 2.14. The van der Waals surface area contributed by atoms with Gasteiger partial charge in [0, 0.05) is 41.1 Å². The first-order valence-electron chi connectivity index (χ1n) is 22.7. The lowest BCUT2D eigenvalue weighted by atomic mass is 9.90. The van der Waals surface area contributed by atoms with Gasteiger partial charge in [0.2, 0.25) is 23.6 Å². The molecule has 4 rings (SSSR count). The zero-order valence-electron chi connectivity index (χ0n) is 40.6. The molecule has 19 heteroatoms. The Morgan fingerprint density at radius 3 is 2.30 bits per heavy atom. The Morgan fingerprint density at radius 2 is 1.68 bits per heavy atom. The molecule has 1 aliphatic heterocycles. The number of nitrogens with zero attached hydrogens (tertiary/aromatic N) is 5. The van der Waals surface area contributed by atoms with Crippen molar-refractivity contribution in [3.05, 3.63) is 54.2 Å². The van der Waals surface area contributed by atoms with Gasteiger partial charge in [-0.3, -0.25) is 24.1 Å². The number of hydrogen-bond acceptors (Lipinski definition) is 13. The summed E-state index contributed by atoms with van der Waals surface area (Å²) in [4.78, 5) is 85.2. The molecule has 3 aromatic rings. The summed E-state index contributed by atoms with van der Waals surface area (Å²) in [5, 5.41) is 17.2. The first kappa shape index (κ1) is 54.2. The predicted molar refractivity (Wildman–Crippen MR) is 257 cm³/mol. The highest BCUT2D eigenvalue weighted by molar-refractivity contribution is 8.77. The number of nitrogens with one attached hydrogen (secondary N) is 3. The zero-order chi connectivity index (χ0) is 48.9. The Balaban J connectivity index is 1.34. The molecule has 0 aliphatic carbocycles. The number of carbonyl (C=O) groups is 5. The molecule has 0 radical (unpaired) electrons. The molecule has 9 unspecified atom stereocenters. The van der Waals surface area contributed by atoms with Crippen LogP contribution in [0.25, 0.3) is 11.2 Å². The molecule has 66 heavy (non-hydrogen) atoms. The summed E-state index contributed by atoms with van der Waals surface area (Å²) in [6, 6.07) is 10.4. The molecule has 17 nitrogen and oxygen atoms in total. The normalized spacial score (nSPS) is 17.8. The van der Waals surface area contributed by atoms with Gasteiger partial charge in [-0.05, 0) is 73.9 Å². The highest BCUT2D eigenvalue weighted by Crippen LogP contribution is 2.40. The van der Waals surface area contributed by atoms with Crippen LogP contribution in [-0.4, -0.2) is 154 Å². The number of hydrogen-bond donors (Lipinski definition) is 4. The second-order valence-electron chi connectivity index (χ2n) is 18.2. The molecule has 5 amide bonds. The average Bonchev–Trinajstić information content (AvgIpc) is 3.97. The van der Waals surface area contributed by atoms with Crippen molar-refractivity contribution in [1.29, 1.82) is 0 Å². The maximum atomic E-state index is 14.2. The van der Waals surface area contributed by atoms with Crippen molar-refractivity contribution < 1.29 is 43.3 Å². The summed E-state index contributed by atoms with van der Waals surface area (Å²) in [6.07, 6.45) is 0.802. The maximum absolute atomic E-state index is 14.2. The van der Waals surface area contributed by atoms with Gasteiger partial charge in [0.1, 0.15) is 12.6 Å². The fourth-order valence-electron chi connectivity index (χ4n) is 8.51. The predicted octanol–water partition coefficient (Wildman–Crippen LogP) is 5.84. The Bertz CT molecular complexity index is 2030. The van der Waals surface area contributed by atoms with Crippen molar-refractivity contribution in [3.8, 4) is 0 Å². The summed E-state index contributed by atoms with van der Waals surface area (Å²) < 4.78 is 17.1. The maximum Gasteiger partial charge on any atom is 0.410 e. The third-order valence-electron chi connectivity index (χ3n) is 12.4. The van der Waals surface area contributed by atoms with Gasteiger partial charge in [-0.25, -0.2) is 14.8 Å². The van der Waals surface area contributed by atoms with Crippen molar-refractivity contribution >= 4 is 62.5 Å². The van der Waals surface area contributed by atoms with Gasteiger partial charge in [-0.2, -0.15) is 0 Å². The Morgan fingerprint density at radius 1 is 0.985 bits per heavy atom. The van der Waals surface area contributed by atoms with E-state index in [1.54, 1.807) is 44.1 Å². The number of carbonyl (C=O) groups excluding carboxylic acids is 5. The molecule has 2 aromatic heterocycles. The molecule has 0 bridgehead atoms. The third-order valence-corrected chi connectivity index (χ3v) is 15.5. The number of benzene rings is 1. The summed E-state index contributed by atoms with van der Waals surface area (Å²) in [7, 11) is 9.10. The number of aromatic nitrogens is 3. The van der Waals surface area contributed by atoms with Crippen LogP contribution in [0.15, 0.2) is 53.8 Å². The smallest absolute Gasteiger partial charge is 0.410 e. The van der Waals surface area contributed by atoms with Gasteiger partial charge in [0.15, 0.2) is 10.8 Å². The van der Waals surface area contributed by atoms with Crippen LogP contribution in [-0.2, 0) is 33.4 Å². The van der Waals surface area contributed by atoms with Crippen LogP contribution in [0.5, 0.6) is 0 Å². The van der Waals surface area contributed by atoms with E-state index in [4.69, 9.17) is 14.2 Å². The lowest BCUT2D eigenvalue weighted by molar-refractivity contribution is -0.146. The number of ether oxygens (including phenoxy) is 3. The van der Waals surface area contributed by atoms with E-state index in [0.717, 1.165) is 11.9 Å². The number of aliphatic hydroxyl groups is 1. The lowest BCUT2D eigenvalue weighted by Gasteiger charge is -2.39. The Labute approximate surface area is 398 Å². The van der Waals surface area contributed by atoms with Gasteiger partial charge in [-0.1, -0.05) is 82.2 Å². The first-order valence-corrected chi connectivity index (χ1v) is 24.9. The van der Waals surface area contributed by atoms with E-state index in [-0.39, 0.29) is 49.3 Å². The van der Waals surface area contributed by atoms with Gasteiger partial charge < -0.3 is 44.7 Å². The quantitative estimate of drug-likeness (QED) is 0.0779. The minimum atomic E-state index is -0.930. The molecule has 366 valence electrons. The minimum absolute atomic E-state index is 0.0307. The number of amides is 5. The number of aromatic amines is 1. The molecule has 0 spiro atoms. The van der Waals surface area contributed by atoms with Crippen molar-refractivity contribution in [2.24, 2.45) is 17.8 Å². The number of imidazole rings is 1. The SMILES string of the molecule is CCC(C)C(C(CC(=O)N1CCCC1C(OC)C(C)C(=O)NC(C)C(O)c1ccccc1)OC)N(C)C(=O)CNC(=O)C(C(C)C)N(C)C(=O)OCC(C)(C)SSc1nc2ncccc2[nH]1. The number of aliphatic hydroxyl groups excluding tert-OH is 1. The standard InChI is InChI=1S/C47H72N8O9S2/c1-13-29(4)39(35(62-11)25-36(56)55-24-18-22-34(55)41(63-12)30(5)43(59)50-31(6)40(58)32-19-15-14-16-20-32)53(9)37(57)26-49-44(60)38(28(2)3)54(10)46(61)64-27-47(7,8)66-65-45-51-33-21-17-23-48-42(33)52-45/h14-17,19-21,23,28-31,34-35,38-41,58H,13,18,22,24-27H2,1-12H3,(H,49,60)(H,50,59)(H,48,51,52). The lowest BCUT2D eigenvalue weighted by Crippen LogP contribution is -2.56. The van der Waals surface area contributed by atoms with Gasteiger partial charge in [0.05, 0.1) is 65.6 Å². The van der Waals surface area contributed by atoms with Crippen molar-refractivity contribution in [2.45, 2.75) is 133 Å².